The van der Waals surface area contributed by atoms with Crippen molar-refractivity contribution in [1.82, 2.24) is 0 Å². The molecule has 0 saturated heterocycles. The maximum Gasteiger partial charge on any atom is 0.309 e. The minimum Gasteiger partial charge on any atom is -0.481 e. The summed E-state index contributed by atoms with van der Waals surface area (Å²) >= 11 is 0. The lowest BCUT2D eigenvalue weighted by molar-refractivity contribution is -0.137. The van der Waals surface area contributed by atoms with E-state index in [-0.39, 0.29) is 6.42 Å². The van der Waals surface area contributed by atoms with Crippen LogP contribution >= 0.6 is 0 Å². The molecule has 0 heterocycles. The van der Waals surface area contributed by atoms with Crippen molar-refractivity contribution in [3.63, 3.8) is 0 Å². The average Bonchev–Trinajstić information content (AvgIpc) is 1.84. The summed E-state index contributed by atoms with van der Waals surface area (Å²) in [5, 5.41) is 15.1. The Labute approximate surface area is 75.3 Å². The van der Waals surface area contributed by atoms with Gasteiger partial charge in [0, 0.05) is 13.3 Å². The van der Waals surface area contributed by atoms with Gasteiger partial charge in [-0.05, 0) is 0 Å². The van der Waals surface area contributed by atoms with E-state index in [1.165, 1.54) is 0 Å². The molecule has 0 radical (unpaired) electrons. The quantitative estimate of drug-likeness (QED) is 0.448. The monoisotopic (exact) mass is 194 g/mol. The first-order valence-electron chi connectivity index (χ1n) is 3.20. The molecule has 2 amide bonds. The van der Waals surface area contributed by atoms with E-state index in [0.29, 0.717) is 0 Å². The van der Waals surface area contributed by atoms with Gasteiger partial charge in [-0.15, -0.1) is 0 Å². The Balaban J connectivity index is -0.000000117. The molecule has 7 heteroatoms. The lowest BCUT2D eigenvalue weighted by atomic mass is 10.5. The Morgan fingerprint density at radius 1 is 1.15 bits per heavy atom. The van der Waals surface area contributed by atoms with Crippen LogP contribution in [0.3, 0.4) is 0 Å². The molecule has 0 bridgehead atoms. The van der Waals surface area contributed by atoms with Crippen molar-refractivity contribution >= 4 is 18.0 Å². The highest BCUT2D eigenvalue weighted by atomic mass is 16.4. The number of nitrogens with two attached hydrogens (primary N) is 2. The second kappa shape index (κ2) is 12.8. The summed E-state index contributed by atoms with van der Waals surface area (Å²) in [4.78, 5) is 27.4. The zero-order valence-corrected chi connectivity index (χ0v) is 7.48. The van der Waals surface area contributed by atoms with E-state index in [9.17, 15) is 4.79 Å². The average molecular weight is 194 g/mol. The Morgan fingerprint density at radius 3 is 1.23 bits per heavy atom. The highest BCUT2D eigenvalue weighted by molar-refractivity contribution is 5.69. The van der Waals surface area contributed by atoms with E-state index in [0.717, 1.165) is 6.92 Å². The van der Waals surface area contributed by atoms with Crippen LogP contribution in [0.5, 0.6) is 0 Å². The second-order valence-corrected chi connectivity index (χ2v) is 1.67. The Hall–Kier alpha value is -1.79. The number of carboxylic acids is 2. The van der Waals surface area contributed by atoms with Gasteiger partial charge in [-0.1, -0.05) is 6.92 Å². The molecule has 0 aliphatic carbocycles. The minimum absolute atomic E-state index is 0.222. The van der Waals surface area contributed by atoms with E-state index in [4.69, 9.17) is 19.8 Å². The third-order valence-electron chi connectivity index (χ3n) is 0.302. The molecule has 0 aromatic rings. The van der Waals surface area contributed by atoms with Crippen LogP contribution in [0.1, 0.15) is 20.3 Å². The number of aliphatic carboxylic acids is 2. The van der Waals surface area contributed by atoms with Gasteiger partial charge >= 0.3 is 12.0 Å². The van der Waals surface area contributed by atoms with E-state index >= 15 is 0 Å². The SMILES string of the molecule is CC(=O)O.CCC(=O)O.NC(N)=O. The van der Waals surface area contributed by atoms with Gasteiger partial charge in [-0.3, -0.25) is 9.59 Å². The van der Waals surface area contributed by atoms with Crippen LogP contribution in [-0.2, 0) is 9.59 Å². The van der Waals surface area contributed by atoms with Gasteiger partial charge in [0.1, 0.15) is 0 Å². The molecule has 6 N–H and O–H groups in total. The first kappa shape index (κ1) is 17.3. The number of amides is 2. The van der Waals surface area contributed by atoms with Crippen LogP contribution in [0.15, 0.2) is 0 Å². The number of hydrogen-bond acceptors (Lipinski definition) is 3. The fourth-order valence-corrected chi connectivity index (χ4v) is 0. The molecule has 13 heavy (non-hydrogen) atoms. The highest BCUT2D eigenvalue weighted by Gasteiger charge is 1.80. The molecule has 0 fully saturated rings. The maximum atomic E-state index is 9.37. The van der Waals surface area contributed by atoms with Gasteiger partial charge in [0.15, 0.2) is 0 Å². The standard InChI is InChI=1S/C3H6O2.C2H4O2.CH4N2O/c1-2-3(4)5;1-2(3)4;2-1(3)4/h2H2,1H3,(H,4,5);1H3,(H,3,4);(H4,2,3,4). The summed E-state index contributed by atoms with van der Waals surface area (Å²) in [6.07, 6.45) is 0.222. The number of carbonyl (C=O) groups is 3. The Bertz CT molecular complexity index is 148. The summed E-state index contributed by atoms with van der Waals surface area (Å²) in [6, 6.07) is -0.833. The van der Waals surface area contributed by atoms with E-state index in [1.54, 1.807) is 6.92 Å². The fourth-order valence-electron chi connectivity index (χ4n) is 0. The molecule has 0 aliphatic rings. The first-order chi connectivity index (χ1) is 5.73. The summed E-state index contributed by atoms with van der Waals surface area (Å²) < 4.78 is 0. The molecule has 0 aromatic heterocycles. The molecule has 0 aliphatic heterocycles. The smallest absolute Gasteiger partial charge is 0.309 e. The van der Waals surface area contributed by atoms with Gasteiger partial charge in [0.05, 0.1) is 0 Å². The summed E-state index contributed by atoms with van der Waals surface area (Å²) in [7, 11) is 0. The largest absolute Gasteiger partial charge is 0.481 e. The van der Waals surface area contributed by atoms with Gasteiger partial charge < -0.3 is 21.7 Å². The zero-order chi connectivity index (χ0) is 11.4. The summed E-state index contributed by atoms with van der Waals surface area (Å²) in [5.41, 5.74) is 8.50. The molecule has 0 unspecified atom stereocenters. The molecule has 0 saturated carbocycles. The summed E-state index contributed by atoms with van der Waals surface area (Å²) in [5.74, 6) is -1.58. The Kier molecular flexibility index (Phi) is 17.1. The fraction of sp³-hybridized carbons (Fsp3) is 0.500. The van der Waals surface area contributed by atoms with Crippen molar-refractivity contribution in [3.8, 4) is 0 Å². The van der Waals surface area contributed by atoms with Gasteiger partial charge in [0.2, 0.25) is 0 Å². The lowest BCUT2D eigenvalue weighted by Crippen LogP contribution is -2.18. The molecule has 7 nitrogen and oxygen atoms in total. The van der Waals surface area contributed by atoms with Crippen molar-refractivity contribution in [2.24, 2.45) is 11.5 Å². The van der Waals surface area contributed by atoms with Crippen molar-refractivity contribution in [1.29, 1.82) is 0 Å². The van der Waals surface area contributed by atoms with Crippen molar-refractivity contribution in [3.05, 3.63) is 0 Å². The van der Waals surface area contributed by atoms with Crippen LogP contribution < -0.4 is 11.5 Å². The summed E-state index contributed by atoms with van der Waals surface area (Å²) in [6.45, 7) is 2.68. The number of rotatable bonds is 1. The first-order valence-corrected chi connectivity index (χ1v) is 3.20. The van der Waals surface area contributed by atoms with E-state index < -0.39 is 18.0 Å². The van der Waals surface area contributed by atoms with Gasteiger partial charge in [0.25, 0.3) is 5.97 Å². The number of primary amides is 2. The number of carboxylic acid groups (broad SMARTS) is 2. The van der Waals surface area contributed by atoms with E-state index in [1.807, 2.05) is 0 Å². The number of carbonyl (C=O) groups excluding carboxylic acids is 1. The Morgan fingerprint density at radius 2 is 1.23 bits per heavy atom. The zero-order valence-electron chi connectivity index (χ0n) is 7.48. The second-order valence-electron chi connectivity index (χ2n) is 1.67. The lowest BCUT2D eigenvalue weighted by Gasteiger charge is -1.71. The van der Waals surface area contributed by atoms with Gasteiger partial charge in [-0.25, -0.2) is 4.79 Å². The minimum atomic E-state index is -0.833. The molecule has 78 valence electrons. The third kappa shape index (κ3) is 15600. The molecular weight excluding hydrogens is 180 g/mol. The van der Waals surface area contributed by atoms with Crippen LogP contribution in [0, 0.1) is 0 Å². The van der Waals surface area contributed by atoms with Crippen molar-refractivity contribution < 1.29 is 24.6 Å². The predicted molar refractivity (Wildman–Crippen MR) is 45.0 cm³/mol. The van der Waals surface area contributed by atoms with E-state index in [2.05, 4.69) is 11.5 Å². The highest BCUT2D eigenvalue weighted by Crippen LogP contribution is 1.67. The normalized spacial score (nSPS) is 6.62. The van der Waals surface area contributed by atoms with Gasteiger partial charge in [-0.2, -0.15) is 0 Å². The van der Waals surface area contributed by atoms with Crippen LogP contribution in [-0.4, -0.2) is 28.2 Å². The number of hydrogen-bond donors (Lipinski definition) is 4. The molecule has 0 atom stereocenters. The maximum absolute atomic E-state index is 9.37. The van der Waals surface area contributed by atoms with Crippen molar-refractivity contribution in [2.75, 3.05) is 0 Å². The number of urea groups is 1. The molecule has 0 aromatic carbocycles. The predicted octanol–water partition coefficient (Wildman–Crippen LogP) is -0.404. The topological polar surface area (TPSA) is 144 Å². The van der Waals surface area contributed by atoms with Crippen LogP contribution in [0.2, 0.25) is 0 Å². The van der Waals surface area contributed by atoms with Crippen LogP contribution in [0.25, 0.3) is 0 Å². The van der Waals surface area contributed by atoms with Crippen LogP contribution in [0.4, 0.5) is 4.79 Å². The van der Waals surface area contributed by atoms with Crippen molar-refractivity contribution in [2.45, 2.75) is 20.3 Å². The molecule has 0 spiro atoms. The molecule has 0 rings (SSSR count). The molecular formula is C6H14N2O5. The third-order valence-corrected chi connectivity index (χ3v) is 0.302.